The minimum atomic E-state index is 0.0384. The number of hydrogen-bond acceptors (Lipinski definition) is 3. The zero-order valence-electron chi connectivity index (χ0n) is 19.7. The summed E-state index contributed by atoms with van der Waals surface area (Å²) in [5.41, 5.74) is 3.48. The lowest BCUT2D eigenvalue weighted by Gasteiger charge is -2.33. The summed E-state index contributed by atoms with van der Waals surface area (Å²) in [7, 11) is 0. The molecule has 5 rings (SSSR count). The fourth-order valence-corrected chi connectivity index (χ4v) is 5.61. The highest BCUT2D eigenvalue weighted by atomic mass is 16.1. The van der Waals surface area contributed by atoms with Crippen LogP contribution in [0.4, 0.5) is 5.95 Å². The van der Waals surface area contributed by atoms with Crippen LogP contribution in [0.2, 0.25) is 0 Å². The number of hydrogen-bond donors (Lipinski definition) is 1. The number of benzene rings is 2. The Balaban J connectivity index is 1.26. The van der Waals surface area contributed by atoms with Crippen molar-refractivity contribution >= 4 is 22.9 Å². The van der Waals surface area contributed by atoms with Crippen molar-refractivity contribution in [3.63, 3.8) is 0 Å². The number of carbonyl (C=O) groups excluding carboxylic acids is 1. The van der Waals surface area contributed by atoms with Gasteiger partial charge in [-0.2, -0.15) is 0 Å². The van der Waals surface area contributed by atoms with Gasteiger partial charge in [0.25, 0.3) is 0 Å². The Morgan fingerprint density at radius 2 is 1.67 bits per heavy atom. The first-order chi connectivity index (χ1) is 16.2. The molecule has 3 aromatic rings. The standard InChI is InChI=1S/C28H36N4O/c1-21(23-12-6-3-7-13-23)29-27(33)24-16-18-31(19-17-24)28-30-25-14-8-9-15-26(25)32(28)20-22-10-4-2-5-11-22/h3,6-9,12-15,21-22,24H,2,4-5,10-11,16-20H2,1H3,(H,29,33). The van der Waals surface area contributed by atoms with E-state index in [2.05, 4.69) is 58.1 Å². The van der Waals surface area contributed by atoms with Gasteiger partial charge in [-0.25, -0.2) is 4.98 Å². The SMILES string of the molecule is CC(NC(=O)C1CCN(c2nc3ccccc3n2CC2CCCCC2)CC1)c1ccccc1. The maximum Gasteiger partial charge on any atom is 0.223 e. The molecule has 0 bridgehead atoms. The molecule has 1 unspecified atom stereocenters. The highest BCUT2D eigenvalue weighted by Crippen LogP contribution is 2.31. The summed E-state index contributed by atoms with van der Waals surface area (Å²) in [5, 5.41) is 3.23. The second-order valence-electron chi connectivity index (χ2n) is 9.92. The van der Waals surface area contributed by atoms with E-state index in [4.69, 9.17) is 4.98 Å². The predicted molar refractivity (Wildman–Crippen MR) is 134 cm³/mol. The lowest BCUT2D eigenvalue weighted by molar-refractivity contribution is -0.126. The van der Waals surface area contributed by atoms with Gasteiger partial charge in [-0.1, -0.05) is 61.7 Å². The summed E-state index contributed by atoms with van der Waals surface area (Å²) < 4.78 is 2.46. The number of imidazole rings is 1. The van der Waals surface area contributed by atoms with Gasteiger partial charge < -0.3 is 14.8 Å². The molecule has 1 aromatic heterocycles. The monoisotopic (exact) mass is 444 g/mol. The van der Waals surface area contributed by atoms with Gasteiger partial charge in [0.1, 0.15) is 0 Å². The van der Waals surface area contributed by atoms with E-state index in [9.17, 15) is 4.79 Å². The first-order valence-corrected chi connectivity index (χ1v) is 12.7. The van der Waals surface area contributed by atoms with Crippen LogP contribution >= 0.6 is 0 Å². The highest BCUT2D eigenvalue weighted by Gasteiger charge is 2.29. The number of piperidine rings is 1. The van der Waals surface area contributed by atoms with Crippen molar-refractivity contribution in [2.24, 2.45) is 11.8 Å². The van der Waals surface area contributed by atoms with Crippen molar-refractivity contribution in [3.05, 3.63) is 60.2 Å². The number of nitrogens with zero attached hydrogens (tertiary/aromatic N) is 3. The lowest BCUT2D eigenvalue weighted by Crippen LogP contribution is -2.42. The van der Waals surface area contributed by atoms with Crippen LogP contribution in [0.25, 0.3) is 11.0 Å². The highest BCUT2D eigenvalue weighted by molar-refractivity contribution is 5.80. The number of nitrogens with one attached hydrogen (secondary N) is 1. The molecule has 1 aliphatic heterocycles. The normalized spacial score (nSPS) is 19.0. The topological polar surface area (TPSA) is 50.2 Å². The summed E-state index contributed by atoms with van der Waals surface area (Å²) in [6.45, 7) is 4.89. The Morgan fingerprint density at radius 3 is 2.42 bits per heavy atom. The van der Waals surface area contributed by atoms with E-state index in [1.807, 2.05) is 18.2 Å². The zero-order valence-corrected chi connectivity index (χ0v) is 19.7. The number of anilines is 1. The third-order valence-corrected chi connectivity index (χ3v) is 7.61. The van der Waals surface area contributed by atoms with E-state index >= 15 is 0 Å². The van der Waals surface area contributed by atoms with Crippen molar-refractivity contribution in [1.29, 1.82) is 0 Å². The molecule has 1 saturated heterocycles. The number of carbonyl (C=O) groups is 1. The number of fused-ring (bicyclic) bond motifs is 1. The Morgan fingerprint density at radius 1 is 0.970 bits per heavy atom. The molecule has 1 amide bonds. The average Bonchev–Trinajstić information content (AvgIpc) is 3.23. The van der Waals surface area contributed by atoms with Gasteiger partial charge >= 0.3 is 0 Å². The molecule has 2 heterocycles. The van der Waals surface area contributed by atoms with Crippen molar-refractivity contribution in [2.75, 3.05) is 18.0 Å². The quantitative estimate of drug-likeness (QED) is 0.530. The third-order valence-electron chi connectivity index (χ3n) is 7.61. The number of para-hydroxylation sites is 2. The molecule has 33 heavy (non-hydrogen) atoms. The summed E-state index contributed by atoms with van der Waals surface area (Å²) in [5.74, 6) is 2.10. The molecule has 0 radical (unpaired) electrons. The van der Waals surface area contributed by atoms with E-state index < -0.39 is 0 Å². The Hall–Kier alpha value is -2.82. The maximum absolute atomic E-state index is 12.9. The van der Waals surface area contributed by atoms with E-state index in [0.29, 0.717) is 0 Å². The van der Waals surface area contributed by atoms with Gasteiger partial charge in [0, 0.05) is 25.6 Å². The summed E-state index contributed by atoms with van der Waals surface area (Å²) in [6, 6.07) is 18.8. The van der Waals surface area contributed by atoms with Crippen LogP contribution in [0.5, 0.6) is 0 Å². The van der Waals surface area contributed by atoms with Gasteiger partial charge in [0.15, 0.2) is 0 Å². The van der Waals surface area contributed by atoms with Crippen molar-refractivity contribution < 1.29 is 4.79 Å². The molecule has 174 valence electrons. The van der Waals surface area contributed by atoms with Gasteiger partial charge in [-0.3, -0.25) is 4.79 Å². The second kappa shape index (κ2) is 9.98. The van der Waals surface area contributed by atoms with E-state index in [1.54, 1.807) is 0 Å². The van der Waals surface area contributed by atoms with Gasteiger partial charge in [0.2, 0.25) is 11.9 Å². The summed E-state index contributed by atoms with van der Waals surface area (Å²) in [6.07, 6.45) is 8.50. The number of amides is 1. The Bertz CT molecular complexity index is 1060. The summed E-state index contributed by atoms with van der Waals surface area (Å²) in [4.78, 5) is 20.4. The fraction of sp³-hybridized carbons (Fsp3) is 0.500. The molecule has 0 spiro atoms. The number of aromatic nitrogens is 2. The molecule has 2 fully saturated rings. The molecule has 1 saturated carbocycles. The fourth-order valence-electron chi connectivity index (χ4n) is 5.61. The van der Waals surface area contributed by atoms with E-state index in [0.717, 1.165) is 55.4 Å². The summed E-state index contributed by atoms with van der Waals surface area (Å²) >= 11 is 0. The molecule has 5 nitrogen and oxygen atoms in total. The maximum atomic E-state index is 12.9. The van der Waals surface area contributed by atoms with Crippen LogP contribution in [0, 0.1) is 11.8 Å². The molecule has 2 aliphatic rings. The van der Waals surface area contributed by atoms with Crippen LogP contribution in [0.1, 0.15) is 63.5 Å². The minimum absolute atomic E-state index is 0.0384. The molecular weight excluding hydrogens is 408 g/mol. The average molecular weight is 445 g/mol. The van der Waals surface area contributed by atoms with Crippen LogP contribution in [-0.4, -0.2) is 28.5 Å². The largest absolute Gasteiger partial charge is 0.349 e. The third kappa shape index (κ3) is 4.92. The van der Waals surface area contributed by atoms with Gasteiger partial charge in [-0.05, 0) is 56.2 Å². The predicted octanol–water partition coefficient (Wildman–Crippen LogP) is 5.71. The number of rotatable bonds is 6. The molecule has 1 N–H and O–H groups in total. The lowest BCUT2D eigenvalue weighted by atomic mass is 9.89. The molecule has 2 aromatic carbocycles. The molecule has 1 aliphatic carbocycles. The second-order valence-corrected chi connectivity index (χ2v) is 9.92. The van der Waals surface area contributed by atoms with Crippen LogP contribution in [-0.2, 0) is 11.3 Å². The van der Waals surface area contributed by atoms with Gasteiger partial charge in [-0.15, -0.1) is 0 Å². The van der Waals surface area contributed by atoms with Crippen molar-refractivity contribution in [1.82, 2.24) is 14.9 Å². The molecule has 5 heteroatoms. The van der Waals surface area contributed by atoms with Crippen LogP contribution < -0.4 is 10.2 Å². The first-order valence-electron chi connectivity index (χ1n) is 12.7. The van der Waals surface area contributed by atoms with Crippen LogP contribution in [0.15, 0.2) is 54.6 Å². The Labute approximate surface area is 197 Å². The first kappa shape index (κ1) is 22.0. The zero-order chi connectivity index (χ0) is 22.6. The van der Waals surface area contributed by atoms with Crippen molar-refractivity contribution in [3.8, 4) is 0 Å². The molecular formula is C28H36N4O. The van der Waals surface area contributed by atoms with E-state index in [1.165, 1.54) is 37.6 Å². The molecule has 1 atom stereocenters. The van der Waals surface area contributed by atoms with Crippen LogP contribution in [0.3, 0.4) is 0 Å². The minimum Gasteiger partial charge on any atom is -0.349 e. The van der Waals surface area contributed by atoms with Crippen molar-refractivity contribution in [2.45, 2.75) is 64.5 Å². The van der Waals surface area contributed by atoms with Gasteiger partial charge in [0.05, 0.1) is 17.1 Å². The smallest absolute Gasteiger partial charge is 0.223 e. The Kier molecular flexibility index (Phi) is 6.65. The van der Waals surface area contributed by atoms with E-state index in [-0.39, 0.29) is 17.9 Å².